The summed E-state index contributed by atoms with van der Waals surface area (Å²) in [6.07, 6.45) is 4.04. The van der Waals surface area contributed by atoms with Gasteiger partial charge in [-0.25, -0.2) is 0 Å². The number of hydrogen-bond donors (Lipinski definition) is 2. The second-order valence-corrected chi connectivity index (χ2v) is 4.88. The number of aromatic amines is 1. The van der Waals surface area contributed by atoms with Crippen LogP contribution in [0.1, 0.15) is 24.2 Å². The zero-order valence-electron chi connectivity index (χ0n) is 11.2. The highest BCUT2D eigenvalue weighted by molar-refractivity contribution is 5.82. The first kappa shape index (κ1) is 12.0. The van der Waals surface area contributed by atoms with Gasteiger partial charge in [0.15, 0.2) is 0 Å². The molecule has 3 rings (SSSR count). The molecule has 0 radical (unpaired) electrons. The van der Waals surface area contributed by atoms with E-state index in [4.69, 9.17) is 0 Å². The van der Waals surface area contributed by atoms with Crippen LogP contribution in [-0.4, -0.2) is 14.8 Å². The van der Waals surface area contributed by atoms with Crippen LogP contribution in [0.2, 0.25) is 0 Å². The highest BCUT2D eigenvalue weighted by Gasteiger charge is 2.09. The highest BCUT2D eigenvalue weighted by atomic mass is 15.3. The largest absolute Gasteiger partial charge is 0.361 e. The van der Waals surface area contributed by atoms with Crippen molar-refractivity contribution in [2.75, 3.05) is 0 Å². The van der Waals surface area contributed by atoms with E-state index in [0.717, 1.165) is 12.2 Å². The van der Waals surface area contributed by atoms with Crippen LogP contribution in [0.4, 0.5) is 0 Å². The van der Waals surface area contributed by atoms with Crippen molar-refractivity contribution in [1.29, 1.82) is 0 Å². The quantitative estimate of drug-likeness (QED) is 0.752. The van der Waals surface area contributed by atoms with Gasteiger partial charge < -0.3 is 10.3 Å². The molecular formula is C15H18N4. The molecule has 0 saturated heterocycles. The lowest BCUT2D eigenvalue weighted by molar-refractivity contribution is 0.553. The Morgan fingerprint density at radius 2 is 2.16 bits per heavy atom. The van der Waals surface area contributed by atoms with Gasteiger partial charge in [0.25, 0.3) is 0 Å². The van der Waals surface area contributed by atoms with E-state index in [-0.39, 0.29) is 6.04 Å². The van der Waals surface area contributed by atoms with Gasteiger partial charge in [-0.1, -0.05) is 18.2 Å². The number of para-hydroxylation sites is 1. The molecule has 98 valence electrons. The standard InChI is InChI=1S/C15H18N4/c1-11(14-7-8-19(2)18-14)16-9-12-10-17-15-6-4-3-5-13(12)15/h3-8,10-11,16-17H,9H2,1-2H3. The fourth-order valence-corrected chi connectivity index (χ4v) is 2.31. The Balaban J connectivity index is 1.72. The van der Waals surface area contributed by atoms with Crippen molar-refractivity contribution in [3.8, 4) is 0 Å². The van der Waals surface area contributed by atoms with E-state index in [1.807, 2.05) is 30.1 Å². The maximum atomic E-state index is 4.42. The number of aromatic nitrogens is 3. The Labute approximate surface area is 112 Å². The second kappa shape index (κ2) is 4.90. The second-order valence-electron chi connectivity index (χ2n) is 4.88. The van der Waals surface area contributed by atoms with E-state index >= 15 is 0 Å². The molecule has 2 N–H and O–H groups in total. The minimum absolute atomic E-state index is 0.245. The molecular weight excluding hydrogens is 236 g/mol. The van der Waals surface area contributed by atoms with Crippen LogP contribution in [0.3, 0.4) is 0 Å². The maximum Gasteiger partial charge on any atom is 0.0791 e. The summed E-state index contributed by atoms with van der Waals surface area (Å²) in [6, 6.07) is 10.7. The van der Waals surface area contributed by atoms with E-state index in [9.17, 15) is 0 Å². The van der Waals surface area contributed by atoms with Gasteiger partial charge in [0.05, 0.1) is 5.69 Å². The van der Waals surface area contributed by atoms with Gasteiger partial charge in [-0.05, 0) is 24.6 Å². The lowest BCUT2D eigenvalue weighted by atomic mass is 10.1. The Kier molecular flexibility index (Phi) is 3.09. The molecule has 0 bridgehead atoms. The predicted octanol–water partition coefficient (Wildman–Crippen LogP) is 2.75. The van der Waals surface area contributed by atoms with Crippen LogP contribution in [-0.2, 0) is 13.6 Å². The first-order valence-corrected chi connectivity index (χ1v) is 6.52. The van der Waals surface area contributed by atoms with E-state index in [0.29, 0.717) is 0 Å². The number of rotatable bonds is 4. The Morgan fingerprint density at radius 1 is 1.32 bits per heavy atom. The number of nitrogens with zero attached hydrogens (tertiary/aromatic N) is 2. The Bertz CT molecular complexity index is 680. The summed E-state index contributed by atoms with van der Waals surface area (Å²) in [5.41, 5.74) is 3.55. The summed E-state index contributed by atoms with van der Waals surface area (Å²) >= 11 is 0. The molecule has 1 atom stereocenters. The van der Waals surface area contributed by atoms with Gasteiger partial charge in [-0.15, -0.1) is 0 Å². The average Bonchev–Trinajstić information content (AvgIpc) is 3.02. The normalized spacial score (nSPS) is 12.9. The number of H-pyrrole nitrogens is 1. The van der Waals surface area contributed by atoms with Gasteiger partial charge >= 0.3 is 0 Å². The first-order valence-electron chi connectivity index (χ1n) is 6.52. The number of fused-ring (bicyclic) bond motifs is 1. The number of aryl methyl sites for hydroxylation is 1. The third kappa shape index (κ3) is 2.39. The van der Waals surface area contributed by atoms with Crippen molar-refractivity contribution in [3.05, 3.63) is 54.0 Å². The minimum Gasteiger partial charge on any atom is -0.361 e. The van der Waals surface area contributed by atoms with E-state index in [1.165, 1.54) is 16.5 Å². The van der Waals surface area contributed by atoms with Crippen LogP contribution in [0.15, 0.2) is 42.7 Å². The summed E-state index contributed by atoms with van der Waals surface area (Å²) in [5, 5.41) is 9.21. The molecule has 2 aromatic heterocycles. The van der Waals surface area contributed by atoms with Crippen LogP contribution in [0, 0.1) is 0 Å². The maximum absolute atomic E-state index is 4.42. The molecule has 0 aliphatic rings. The fourth-order valence-electron chi connectivity index (χ4n) is 2.31. The van der Waals surface area contributed by atoms with Gasteiger partial charge in [-0.3, -0.25) is 4.68 Å². The smallest absolute Gasteiger partial charge is 0.0791 e. The first-order chi connectivity index (χ1) is 9.24. The third-order valence-electron chi connectivity index (χ3n) is 3.45. The summed E-state index contributed by atoms with van der Waals surface area (Å²) in [5.74, 6) is 0. The van der Waals surface area contributed by atoms with Crippen LogP contribution >= 0.6 is 0 Å². The molecule has 19 heavy (non-hydrogen) atoms. The molecule has 4 heteroatoms. The molecule has 0 saturated carbocycles. The van der Waals surface area contributed by atoms with Gasteiger partial charge in [0.1, 0.15) is 0 Å². The molecule has 0 fully saturated rings. The average molecular weight is 254 g/mol. The molecule has 0 aliphatic carbocycles. The predicted molar refractivity (Wildman–Crippen MR) is 76.8 cm³/mol. The molecule has 1 aromatic carbocycles. The highest BCUT2D eigenvalue weighted by Crippen LogP contribution is 2.18. The zero-order valence-corrected chi connectivity index (χ0v) is 11.2. The molecule has 2 heterocycles. The van der Waals surface area contributed by atoms with Crippen molar-refractivity contribution in [2.45, 2.75) is 19.5 Å². The summed E-state index contributed by atoms with van der Waals surface area (Å²) in [7, 11) is 1.94. The number of benzene rings is 1. The number of hydrogen-bond acceptors (Lipinski definition) is 2. The topological polar surface area (TPSA) is 45.6 Å². The lowest BCUT2D eigenvalue weighted by Crippen LogP contribution is -2.18. The van der Waals surface area contributed by atoms with Crippen molar-refractivity contribution in [2.24, 2.45) is 7.05 Å². The SMILES string of the molecule is CC(NCc1c[nH]c2ccccc12)c1ccn(C)n1. The van der Waals surface area contributed by atoms with Crippen molar-refractivity contribution in [3.63, 3.8) is 0 Å². The zero-order chi connectivity index (χ0) is 13.2. The summed E-state index contributed by atoms with van der Waals surface area (Å²) in [6.45, 7) is 2.97. The molecule has 0 spiro atoms. The van der Waals surface area contributed by atoms with Crippen LogP contribution in [0.25, 0.3) is 10.9 Å². The molecule has 1 unspecified atom stereocenters. The van der Waals surface area contributed by atoms with Crippen molar-refractivity contribution < 1.29 is 0 Å². The van der Waals surface area contributed by atoms with Crippen molar-refractivity contribution >= 4 is 10.9 Å². The summed E-state index contributed by atoms with van der Waals surface area (Å²) in [4.78, 5) is 3.30. The molecule has 0 amide bonds. The van der Waals surface area contributed by atoms with Crippen LogP contribution in [0.5, 0.6) is 0 Å². The van der Waals surface area contributed by atoms with Crippen molar-refractivity contribution in [1.82, 2.24) is 20.1 Å². The van der Waals surface area contributed by atoms with Gasteiger partial charge in [0.2, 0.25) is 0 Å². The van der Waals surface area contributed by atoms with E-state index < -0.39 is 0 Å². The fraction of sp³-hybridized carbons (Fsp3) is 0.267. The minimum atomic E-state index is 0.245. The third-order valence-corrected chi connectivity index (χ3v) is 3.45. The Morgan fingerprint density at radius 3 is 2.95 bits per heavy atom. The molecule has 4 nitrogen and oxygen atoms in total. The monoisotopic (exact) mass is 254 g/mol. The van der Waals surface area contributed by atoms with Gasteiger partial charge in [-0.2, -0.15) is 5.10 Å². The van der Waals surface area contributed by atoms with Crippen LogP contribution < -0.4 is 5.32 Å². The molecule has 0 aliphatic heterocycles. The number of nitrogens with one attached hydrogen (secondary N) is 2. The van der Waals surface area contributed by atoms with E-state index in [2.05, 4.69) is 46.7 Å². The van der Waals surface area contributed by atoms with Gasteiger partial charge in [0, 0.05) is 42.9 Å². The summed E-state index contributed by atoms with van der Waals surface area (Å²) < 4.78 is 1.83. The molecule has 3 aromatic rings. The van der Waals surface area contributed by atoms with E-state index in [1.54, 1.807) is 0 Å². The lowest BCUT2D eigenvalue weighted by Gasteiger charge is -2.10. The Hall–Kier alpha value is -2.07.